The fraction of sp³-hybridized carbons (Fsp3) is 0.333. The molecule has 6 nitrogen and oxygen atoms in total. The van der Waals surface area contributed by atoms with Gasteiger partial charge in [-0.15, -0.1) is 21.5 Å². The number of carbonyl (C=O) groups is 1. The number of carbonyl (C=O) groups excluding carboxylic acids is 1. The van der Waals surface area contributed by atoms with Crippen LogP contribution in [0.15, 0.2) is 6.20 Å². The summed E-state index contributed by atoms with van der Waals surface area (Å²) in [6, 6.07) is -0.321. The molecule has 0 aliphatic heterocycles. The largest absolute Gasteiger partial charge is 0.333 e. The zero-order chi connectivity index (χ0) is 13.0. The monoisotopic (exact) mass is 303 g/mol. The van der Waals surface area contributed by atoms with E-state index in [9.17, 15) is 4.79 Å². The summed E-state index contributed by atoms with van der Waals surface area (Å²) in [5, 5.41) is 14.5. The van der Waals surface area contributed by atoms with Crippen LogP contribution < -0.4 is 10.6 Å². The van der Waals surface area contributed by atoms with Gasteiger partial charge in [0.05, 0.1) is 6.54 Å². The van der Waals surface area contributed by atoms with Crippen LogP contribution in [0, 0.1) is 0 Å². The molecule has 0 atom stereocenters. The molecule has 2 heterocycles. The van der Waals surface area contributed by atoms with E-state index in [4.69, 9.17) is 11.6 Å². The number of rotatable bonds is 4. The molecule has 0 unspecified atom stereocenters. The molecule has 2 aromatic rings. The molecule has 2 aromatic heterocycles. The standard InChI is InChI=1S/C9H10ClN5OS2/c1-2-6-14-15-9(18-6)13-8(16)12-4-5-3-11-7(10)17-5/h3H,2,4H2,1H3,(H2,12,13,15,16). The van der Waals surface area contributed by atoms with Crippen LogP contribution in [0.3, 0.4) is 0 Å². The van der Waals surface area contributed by atoms with Gasteiger partial charge >= 0.3 is 6.03 Å². The van der Waals surface area contributed by atoms with Gasteiger partial charge in [-0.3, -0.25) is 5.32 Å². The Morgan fingerprint density at radius 2 is 2.28 bits per heavy atom. The zero-order valence-electron chi connectivity index (χ0n) is 9.44. The summed E-state index contributed by atoms with van der Waals surface area (Å²) in [7, 11) is 0. The quantitative estimate of drug-likeness (QED) is 0.909. The van der Waals surface area contributed by atoms with Crippen molar-refractivity contribution in [2.24, 2.45) is 0 Å². The van der Waals surface area contributed by atoms with E-state index in [1.165, 1.54) is 22.7 Å². The van der Waals surface area contributed by atoms with Crippen molar-refractivity contribution in [2.45, 2.75) is 19.9 Å². The lowest BCUT2D eigenvalue weighted by atomic mass is 10.5. The predicted molar refractivity (Wildman–Crippen MR) is 72.3 cm³/mol. The minimum atomic E-state index is -0.321. The Bertz CT molecular complexity index is 541. The predicted octanol–water partition coefficient (Wildman–Crippen LogP) is 2.53. The summed E-state index contributed by atoms with van der Waals surface area (Å²) in [5.74, 6) is 0. The summed E-state index contributed by atoms with van der Waals surface area (Å²) in [6.07, 6.45) is 2.44. The van der Waals surface area contributed by atoms with Crippen LogP contribution in [0.25, 0.3) is 0 Å². The van der Waals surface area contributed by atoms with Crippen molar-refractivity contribution in [2.75, 3.05) is 5.32 Å². The highest BCUT2D eigenvalue weighted by atomic mass is 35.5. The first-order chi connectivity index (χ1) is 8.67. The molecule has 0 fully saturated rings. The normalized spacial score (nSPS) is 10.3. The Labute approximate surface area is 116 Å². The lowest BCUT2D eigenvalue weighted by Crippen LogP contribution is -2.27. The molecule has 0 aromatic carbocycles. The van der Waals surface area contributed by atoms with E-state index in [2.05, 4.69) is 25.8 Å². The molecule has 18 heavy (non-hydrogen) atoms. The molecule has 2 N–H and O–H groups in total. The number of hydrogen-bond acceptors (Lipinski definition) is 6. The molecule has 0 radical (unpaired) electrons. The van der Waals surface area contributed by atoms with Crippen LogP contribution in [0.4, 0.5) is 9.93 Å². The Morgan fingerprint density at radius 1 is 1.44 bits per heavy atom. The zero-order valence-corrected chi connectivity index (χ0v) is 11.8. The Morgan fingerprint density at radius 3 is 2.89 bits per heavy atom. The van der Waals surface area contributed by atoms with Gasteiger partial charge in [-0.05, 0) is 6.42 Å². The van der Waals surface area contributed by atoms with Gasteiger partial charge in [0.15, 0.2) is 4.47 Å². The van der Waals surface area contributed by atoms with E-state index in [0.29, 0.717) is 16.1 Å². The number of halogens is 1. The van der Waals surface area contributed by atoms with Crippen molar-refractivity contribution in [1.29, 1.82) is 0 Å². The summed E-state index contributed by atoms with van der Waals surface area (Å²) in [6.45, 7) is 2.37. The van der Waals surface area contributed by atoms with Crippen molar-refractivity contribution < 1.29 is 4.79 Å². The lowest BCUT2D eigenvalue weighted by molar-refractivity contribution is 0.252. The SMILES string of the molecule is CCc1nnc(NC(=O)NCc2cnc(Cl)s2)s1. The molecule has 96 valence electrons. The van der Waals surface area contributed by atoms with E-state index < -0.39 is 0 Å². The summed E-state index contributed by atoms with van der Waals surface area (Å²) in [4.78, 5) is 16.3. The van der Waals surface area contributed by atoms with E-state index in [0.717, 1.165) is 16.3 Å². The van der Waals surface area contributed by atoms with Gasteiger partial charge in [-0.2, -0.15) is 0 Å². The number of hydrogen-bond donors (Lipinski definition) is 2. The molecule has 0 aliphatic rings. The number of nitrogens with zero attached hydrogens (tertiary/aromatic N) is 3. The van der Waals surface area contributed by atoms with E-state index in [-0.39, 0.29) is 6.03 Å². The fourth-order valence-corrected chi connectivity index (χ4v) is 2.71. The summed E-state index contributed by atoms with van der Waals surface area (Å²) in [5.41, 5.74) is 0. The topological polar surface area (TPSA) is 79.8 Å². The van der Waals surface area contributed by atoms with Gasteiger partial charge in [0.25, 0.3) is 0 Å². The Hall–Kier alpha value is -1.25. The molecular weight excluding hydrogens is 294 g/mol. The third kappa shape index (κ3) is 3.62. The van der Waals surface area contributed by atoms with Gasteiger partial charge in [-0.1, -0.05) is 29.9 Å². The van der Waals surface area contributed by atoms with Gasteiger partial charge in [0, 0.05) is 11.1 Å². The second-order valence-electron chi connectivity index (χ2n) is 3.24. The van der Waals surface area contributed by atoms with E-state index >= 15 is 0 Å². The average Bonchev–Trinajstić information content (AvgIpc) is 2.95. The van der Waals surface area contributed by atoms with Crippen molar-refractivity contribution in [3.63, 3.8) is 0 Å². The molecule has 0 saturated carbocycles. The molecule has 0 bridgehead atoms. The Balaban J connectivity index is 1.81. The van der Waals surface area contributed by atoms with Crippen LogP contribution in [-0.4, -0.2) is 21.2 Å². The smallest absolute Gasteiger partial charge is 0.321 e. The number of thiazole rings is 1. The van der Waals surface area contributed by atoms with Crippen LogP contribution in [0.2, 0.25) is 4.47 Å². The first-order valence-electron chi connectivity index (χ1n) is 5.15. The number of nitrogens with one attached hydrogen (secondary N) is 2. The molecule has 0 aliphatic carbocycles. The van der Waals surface area contributed by atoms with Crippen LogP contribution in [0.1, 0.15) is 16.8 Å². The first kappa shape index (κ1) is 13.2. The summed E-state index contributed by atoms with van der Waals surface area (Å²) < 4.78 is 0.462. The molecule has 2 amide bonds. The molecule has 9 heteroatoms. The van der Waals surface area contributed by atoms with Crippen LogP contribution >= 0.6 is 34.3 Å². The van der Waals surface area contributed by atoms with Crippen molar-refractivity contribution in [3.8, 4) is 0 Å². The minimum Gasteiger partial charge on any atom is -0.333 e. The third-order valence-corrected chi connectivity index (χ3v) is 4.04. The van der Waals surface area contributed by atoms with Crippen molar-refractivity contribution >= 4 is 45.4 Å². The minimum absolute atomic E-state index is 0.321. The van der Waals surface area contributed by atoms with E-state index in [1.54, 1.807) is 6.20 Å². The highest BCUT2D eigenvalue weighted by molar-refractivity contribution is 7.15. The second kappa shape index (κ2) is 6.07. The number of anilines is 1. The van der Waals surface area contributed by atoms with Gasteiger partial charge in [0.1, 0.15) is 5.01 Å². The molecule has 0 saturated heterocycles. The van der Waals surface area contributed by atoms with Crippen molar-refractivity contribution in [3.05, 3.63) is 20.5 Å². The number of amides is 2. The van der Waals surface area contributed by atoms with Crippen LogP contribution in [0.5, 0.6) is 0 Å². The third-order valence-electron chi connectivity index (χ3n) is 1.94. The van der Waals surface area contributed by atoms with E-state index in [1.807, 2.05) is 6.92 Å². The molecular formula is C9H10ClN5OS2. The maximum absolute atomic E-state index is 11.6. The lowest BCUT2D eigenvalue weighted by Gasteiger charge is -2.02. The Kier molecular flexibility index (Phi) is 4.45. The van der Waals surface area contributed by atoms with Gasteiger partial charge < -0.3 is 5.32 Å². The summed E-state index contributed by atoms with van der Waals surface area (Å²) >= 11 is 8.38. The second-order valence-corrected chi connectivity index (χ2v) is 6.00. The van der Waals surface area contributed by atoms with Gasteiger partial charge in [-0.25, -0.2) is 9.78 Å². The highest BCUT2D eigenvalue weighted by Crippen LogP contribution is 2.17. The fourth-order valence-electron chi connectivity index (χ4n) is 1.12. The maximum atomic E-state index is 11.6. The molecule has 2 rings (SSSR count). The van der Waals surface area contributed by atoms with Crippen molar-refractivity contribution in [1.82, 2.24) is 20.5 Å². The number of aryl methyl sites for hydroxylation is 1. The molecule has 0 spiro atoms. The number of aromatic nitrogens is 3. The maximum Gasteiger partial charge on any atom is 0.321 e. The van der Waals surface area contributed by atoms with Gasteiger partial charge in [0.2, 0.25) is 5.13 Å². The number of urea groups is 1. The average molecular weight is 304 g/mol. The van der Waals surface area contributed by atoms with Crippen LogP contribution in [-0.2, 0) is 13.0 Å². The highest BCUT2D eigenvalue weighted by Gasteiger charge is 2.07. The first-order valence-corrected chi connectivity index (χ1v) is 7.16.